The Labute approximate surface area is 158 Å². The topological polar surface area (TPSA) is 28.5 Å². The van der Waals surface area contributed by atoms with Crippen molar-refractivity contribution >= 4 is 34.1 Å². The van der Waals surface area contributed by atoms with E-state index >= 15 is 0 Å². The smallest absolute Gasteiger partial charge is 0.242 e. The summed E-state index contributed by atoms with van der Waals surface area (Å²) >= 11 is 6.09. The lowest BCUT2D eigenvalue weighted by atomic mass is 10.2. The quantitative estimate of drug-likeness (QED) is 0.701. The van der Waals surface area contributed by atoms with Crippen LogP contribution in [0.1, 0.15) is 5.69 Å². The minimum Gasteiger partial charge on any atom is -0.368 e. The van der Waals surface area contributed by atoms with E-state index in [1.165, 1.54) is 5.39 Å². The second-order valence-corrected chi connectivity index (χ2v) is 7.21. The number of carbonyl (C=O) groups excluding carboxylic acids is 1. The van der Waals surface area contributed by atoms with Gasteiger partial charge in [0.1, 0.15) is 6.54 Å². The molecule has 0 N–H and O–H groups in total. The number of benzene rings is 2. The van der Waals surface area contributed by atoms with Gasteiger partial charge in [-0.15, -0.1) is 0 Å². The van der Waals surface area contributed by atoms with E-state index in [4.69, 9.17) is 11.6 Å². The molecule has 1 aliphatic rings. The number of amides is 1. The van der Waals surface area contributed by atoms with Crippen molar-refractivity contribution in [2.45, 2.75) is 13.5 Å². The average molecular weight is 368 g/mol. The van der Waals surface area contributed by atoms with E-state index < -0.39 is 0 Å². The number of aryl methyl sites for hydroxylation is 1. The second-order valence-electron chi connectivity index (χ2n) is 6.78. The maximum absolute atomic E-state index is 12.8. The number of hydrogen-bond acceptors (Lipinski definition) is 2. The van der Waals surface area contributed by atoms with Crippen LogP contribution in [0, 0.1) is 6.92 Å². The highest BCUT2D eigenvalue weighted by atomic mass is 35.5. The van der Waals surface area contributed by atoms with Gasteiger partial charge in [0.25, 0.3) is 0 Å². The van der Waals surface area contributed by atoms with Crippen LogP contribution >= 0.6 is 11.6 Å². The third-order valence-electron chi connectivity index (χ3n) is 5.12. The van der Waals surface area contributed by atoms with Crippen LogP contribution in [0.15, 0.2) is 54.6 Å². The molecule has 0 atom stereocenters. The molecule has 2 aromatic carbocycles. The van der Waals surface area contributed by atoms with Crippen molar-refractivity contribution < 1.29 is 4.79 Å². The van der Waals surface area contributed by atoms with E-state index in [0.29, 0.717) is 6.54 Å². The van der Waals surface area contributed by atoms with E-state index in [0.717, 1.165) is 48.1 Å². The number of rotatable bonds is 3. The Kier molecular flexibility index (Phi) is 4.60. The van der Waals surface area contributed by atoms with Crippen LogP contribution in [0.25, 0.3) is 10.9 Å². The summed E-state index contributed by atoms with van der Waals surface area (Å²) in [5.74, 6) is 0.181. The number of para-hydroxylation sites is 1. The van der Waals surface area contributed by atoms with E-state index in [2.05, 4.69) is 40.7 Å². The predicted molar refractivity (Wildman–Crippen MR) is 107 cm³/mol. The number of piperazine rings is 1. The standard InChI is InChI=1S/C21H22ClN3O/c1-16-13-17-5-2-3-8-20(17)25(16)15-21(26)24-11-9-23(10-12-24)19-7-4-6-18(22)14-19/h2-8,13-14H,9-12,15H2,1H3. The van der Waals surface area contributed by atoms with Crippen LogP contribution in [0.3, 0.4) is 0 Å². The normalized spacial score (nSPS) is 14.8. The molecule has 4 rings (SSSR count). The average Bonchev–Trinajstić information content (AvgIpc) is 2.97. The lowest BCUT2D eigenvalue weighted by molar-refractivity contribution is -0.132. The largest absolute Gasteiger partial charge is 0.368 e. The summed E-state index contributed by atoms with van der Waals surface area (Å²) in [6.07, 6.45) is 0. The summed E-state index contributed by atoms with van der Waals surface area (Å²) in [5, 5.41) is 1.93. The van der Waals surface area contributed by atoms with Crippen LogP contribution in [-0.2, 0) is 11.3 Å². The van der Waals surface area contributed by atoms with Crippen molar-refractivity contribution in [3.63, 3.8) is 0 Å². The number of aromatic nitrogens is 1. The number of halogens is 1. The Morgan fingerprint density at radius 2 is 1.77 bits per heavy atom. The van der Waals surface area contributed by atoms with Crippen LogP contribution < -0.4 is 4.90 Å². The van der Waals surface area contributed by atoms with Crippen molar-refractivity contribution in [1.82, 2.24) is 9.47 Å². The minimum atomic E-state index is 0.181. The Morgan fingerprint density at radius 1 is 1.00 bits per heavy atom. The maximum Gasteiger partial charge on any atom is 0.242 e. The molecule has 5 heteroatoms. The molecule has 26 heavy (non-hydrogen) atoms. The van der Waals surface area contributed by atoms with Gasteiger partial charge in [0.2, 0.25) is 5.91 Å². The van der Waals surface area contributed by atoms with Crippen LogP contribution in [-0.4, -0.2) is 41.6 Å². The number of fused-ring (bicyclic) bond motifs is 1. The van der Waals surface area contributed by atoms with E-state index in [9.17, 15) is 4.79 Å². The Morgan fingerprint density at radius 3 is 2.54 bits per heavy atom. The fourth-order valence-electron chi connectivity index (χ4n) is 3.68. The molecule has 0 radical (unpaired) electrons. The molecule has 134 valence electrons. The lowest BCUT2D eigenvalue weighted by Crippen LogP contribution is -2.49. The molecule has 1 aromatic heterocycles. The van der Waals surface area contributed by atoms with Gasteiger partial charge >= 0.3 is 0 Å². The highest BCUT2D eigenvalue weighted by Crippen LogP contribution is 2.22. The highest BCUT2D eigenvalue weighted by molar-refractivity contribution is 6.30. The molecule has 0 saturated carbocycles. The fraction of sp³-hybridized carbons (Fsp3) is 0.286. The third-order valence-corrected chi connectivity index (χ3v) is 5.35. The van der Waals surface area contributed by atoms with Gasteiger partial charge < -0.3 is 14.4 Å². The van der Waals surface area contributed by atoms with E-state index in [1.807, 2.05) is 35.2 Å². The van der Waals surface area contributed by atoms with Gasteiger partial charge in [-0.05, 0) is 42.6 Å². The van der Waals surface area contributed by atoms with Crippen molar-refractivity contribution in [3.05, 3.63) is 65.3 Å². The molecule has 1 amide bonds. The molecule has 1 saturated heterocycles. The lowest BCUT2D eigenvalue weighted by Gasteiger charge is -2.36. The van der Waals surface area contributed by atoms with Crippen molar-refractivity contribution in [3.8, 4) is 0 Å². The predicted octanol–water partition coefficient (Wildman–Crippen LogP) is 3.95. The fourth-order valence-corrected chi connectivity index (χ4v) is 3.86. The molecule has 0 spiro atoms. The molecular formula is C21H22ClN3O. The zero-order valence-corrected chi connectivity index (χ0v) is 15.6. The van der Waals surface area contributed by atoms with Crippen molar-refractivity contribution in [2.75, 3.05) is 31.1 Å². The van der Waals surface area contributed by atoms with Crippen molar-refractivity contribution in [2.24, 2.45) is 0 Å². The number of nitrogens with zero attached hydrogens (tertiary/aromatic N) is 3. The number of carbonyl (C=O) groups is 1. The van der Waals surface area contributed by atoms with Gasteiger partial charge in [0.05, 0.1) is 0 Å². The summed E-state index contributed by atoms with van der Waals surface area (Å²) in [4.78, 5) is 17.1. The molecule has 0 unspecified atom stereocenters. The Hall–Kier alpha value is -2.46. The van der Waals surface area contributed by atoms with Gasteiger partial charge in [0, 0.05) is 48.1 Å². The van der Waals surface area contributed by atoms with Gasteiger partial charge in [-0.25, -0.2) is 0 Å². The summed E-state index contributed by atoms with van der Waals surface area (Å²) in [6.45, 7) is 5.60. The summed E-state index contributed by atoms with van der Waals surface area (Å²) < 4.78 is 2.11. The number of anilines is 1. The molecule has 0 aliphatic carbocycles. The van der Waals surface area contributed by atoms with E-state index in [1.54, 1.807) is 0 Å². The first-order valence-corrected chi connectivity index (χ1v) is 9.33. The molecule has 2 heterocycles. The number of hydrogen-bond donors (Lipinski definition) is 0. The van der Waals surface area contributed by atoms with Crippen LogP contribution in [0.4, 0.5) is 5.69 Å². The zero-order chi connectivity index (χ0) is 18.1. The highest BCUT2D eigenvalue weighted by Gasteiger charge is 2.22. The monoisotopic (exact) mass is 367 g/mol. The second kappa shape index (κ2) is 7.04. The molecule has 3 aromatic rings. The first-order valence-electron chi connectivity index (χ1n) is 8.95. The Balaban J connectivity index is 1.43. The van der Waals surface area contributed by atoms with Gasteiger partial charge in [0.15, 0.2) is 0 Å². The molecule has 1 fully saturated rings. The van der Waals surface area contributed by atoms with E-state index in [-0.39, 0.29) is 5.91 Å². The first kappa shape index (κ1) is 17.0. The van der Waals surface area contributed by atoms with Gasteiger partial charge in [-0.1, -0.05) is 35.9 Å². The van der Waals surface area contributed by atoms with Gasteiger partial charge in [-0.3, -0.25) is 4.79 Å². The maximum atomic E-state index is 12.8. The molecule has 4 nitrogen and oxygen atoms in total. The minimum absolute atomic E-state index is 0.181. The Bertz CT molecular complexity index is 941. The summed E-state index contributed by atoms with van der Waals surface area (Å²) in [5.41, 5.74) is 3.37. The SMILES string of the molecule is Cc1cc2ccccc2n1CC(=O)N1CCN(c2cccc(Cl)c2)CC1. The summed E-state index contributed by atoms with van der Waals surface area (Å²) in [6, 6.07) is 18.3. The first-order chi connectivity index (χ1) is 12.6. The molecule has 0 bridgehead atoms. The van der Waals surface area contributed by atoms with Gasteiger partial charge in [-0.2, -0.15) is 0 Å². The zero-order valence-electron chi connectivity index (χ0n) is 14.9. The van der Waals surface area contributed by atoms with Crippen LogP contribution in [0.2, 0.25) is 5.02 Å². The summed E-state index contributed by atoms with van der Waals surface area (Å²) in [7, 11) is 0. The van der Waals surface area contributed by atoms with Crippen LogP contribution in [0.5, 0.6) is 0 Å². The van der Waals surface area contributed by atoms with Crippen molar-refractivity contribution in [1.29, 1.82) is 0 Å². The molecule has 1 aliphatic heterocycles. The molecular weight excluding hydrogens is 346 g/mol. The third kappa shape index (κ3) is 3.29.